The third-order valence-electron chi connectivity index (χ3n) is 2.78. The van der Waals surface area contributed by atoms with Gasteiger partial charge < -0.3 is 5.32 Å². The summed E-state index contributed by atoms with van der Waals surface area (Å²) in [7, 11) is -3.02. The molecule has 0 bridgehead atoms. The monoisotopic (exact) mass is 321 g/mol. The number of hydrogen-bond donors (Lipinski definition) is 1. The van der Waals surface area contributed by atoms with Crippen LogP contribution in [0.5, 0.6) is 0 Å². The second-order valence-corrected chi connectivity index (χ2v) is 7.22. The molecule has 2 rings (SSSR count). The Morgan fingerprint density at radius 2 is 2.18 bits per heavy atom. The van der Waals surface area contributed by atoms with Gasteiger partial charge in [0.2, 0.25) is 0 Å². The first-order valence-electron chi connectivity index (χ1n) is 5.37. The van der Waals surface area contributed by atoms with Crippen LogP contribution in [0.2, 0.25) is 0 Å². The van der Waals surface area contributed by atoms with E-state index in [4.69, 9.17) is 0 Å². The SMILES string of the molecule is O=S1(=O)CCCNC(c2ccc(F)cc2Br)C1. The quantitative estimate of drug-likeness (QED) is 0.861. The van der Waals surface area contributed by atoms with Crippen molar-refractivity contribution in [3.8, 4) is 0 Å². The van der Waals surface area contributed by atoms with Crippen LogP contribution in [-0.4, -0.2) is 26.5 Å². The Kier molecular flexibility index (Phi) is 3.85. The van der Waals surface area contributed by atoms with E-state index >= 15 is 0 Å². The fourth-order valence-corrected chi connectivity index (χ4v) is 4.13. The lowest BCUT2D eigenvalue weighted by molar-refractivity contribution is 0.568. The van der Waals surface area contributed by atoms with Gasteiger partial charge in [0.05, 0.1) is 11.5 Å². The van der Waals surface area contributed by atoms with Crippen molar-refractivity contribution in [3.05, 3.63) is 34.1 Å². The molecule has 0 saturated carbocycles. The molecule has 1 unspecified atom stereocenters. The normalized spacial score (nSPS) is 24.2. The van der Waals surface area contributed by atoms with Crippen molar-refractivity contribution in [2.24, 2.45) is 0 Å². The highest BCUT2D eigenvalue weighted by Crippen LogP contribution is 2.26. The van der Waals surface area contributed by atoms with E-state index < -0.39 is 9.84 Å². The standard InChI is InChI=1S/C11H13BrFNO2S/c12-10-6-8(13)2-3-9(10)11-7-17(15,16)5-1-4-14-11/h2-3,6,11,14H,1,4-5,7H2. The van der Waals surface area contributed by atoms with Gasteiger partial charge in [0.15, 0.2) is 9.84 Å². The van der Waals surface area contributed by atoms with Crippen LogP contribution in [0.15, 0.2) is 22.7 Å². The van der Waals surface area contributed by atoms with Gasteiger partial charge in [-0.2, -0.15) is 0 Å². The number of hydrogen-bond acceptors (Lipinski definition) is 3. The zero-order chi connectivity index (χ0) is 12.5. The fourth-order valence-electron chi connectivity index (χ4n) is 1.95. The average Bonchev–Trinajstić information content (AvgIpc) is 2.39. The molecule has 1 aliphatic rings. The molecule has 3 nitrogen and oxygen atoms in total. The number of halogens is 2. The Balaban J connectivity index is 2.32. The number of benzene rings is 1. The molecule has 1 aliphatic heterocycles. The molecule has 0 aliphatic carbocycles. The first kappa shape index (κ1) is 13.0. The van der Waals surface area contributed by atoms with Crippen LogP contribution in [0.4, 0.5) is 4.39 Å². The smallest absolute Gasteiger partial charge is 0.152 e. The summed E-state index contributed by atoms with van der Waals surface area (Å²) in [5, 5.41) is 3.18. The molecule has 0 radical (unpaired) electrons. The van der Waals surface area contributed by atoms with Gasteiger partial charge in [0, 0.05) is 10.5 Å². The largest absolute Gasteiger partial charge is 0.309 e. The Hall–Kier alpha value is -0.460. The number of rotatable bonds is 1. The average molecular weight is 322 g/mol. The summed E-state index contributed by atoms with van der Waals surface area (Å²) in [5.74, 6) is -0.0517. The van der Waals surface area contributed by atoms with E-state index in [9.17, 15) is 12.8 Å². The van der Waals surface area contributed by atoms with Crippen LogP contribution in [0.25, 0.3) is 0 Å². The summed E-state index contributed by atoms with van der Waals surface area (Å²) < 4.78 is 37.0. The van der Waals surface area contributed by atoms with Crippen LogP contribution in [0.3, 0.4) is 0 Å². The van der Waals surface area contributed by atoms with Gasteiger partial charge in [-0.15, -0.1) is 0 Å². The van der Waals surface area contributed by atoms with Crippen LogP contribution in [0.1, 0.15) is 18.0 Å². The maximum atomic E-state index is 13.0. The van der Waals surface area contributed by atoms with Crippen molar-refractivity contribution in [3.63, 3.8) is 0 Å². The van der Waals surface area contributed by atoms with Crippen molar-refractivity contribution in [1.29, 1.82) is 0 Å². The van der Waals surface area contributed by atoms with Crippen molar-refractivity contribution in [1.82, 2.24) is 5.32 Å². The van der Waals surface area contributed by atoms with E-state index in [1.807, 2.05) is 0 Å². The van der Waals surface area contributed by atoms with E-state index in [1.54, 1.807) is 6.07 Å². The fraction of sp³-hybridized carbons (Fsp3) is 0.455. The summed E-state index contributed by atoms with van der Waals surface area (Å²) in [5.41, 5.74) is 0.789. The van der Waals surface area contributed by atoms with Crippen molar-refractivity contribution >= 4 is 25.8 Å². The third-order valence-corrected chi connectivity index (χ3v) is 5.22. The first-order valence-corrected chi connectivity index (χ1v) is 7.98. The van der Waals surface area contributed by atoms with Gasteiger partial charge >= 0.3 is 0 Å². The minimum atomic E-state index is -3.02. The van der Waals surface area contributed by atoms with Crippen LogP contribution in [-0.2, 0) is 9.84 Å². The van der Waals surface area contributed by atoms with Crippen molar-refractivity contribution in [2.45, 2.75) is 12.5 Å². The number of sulfone groups is 1. The molecule has 1 fully saturated rings. The van der Waals surface area contributed by atoms with Crippen molar-refractivity contribution in [2.75, 3.05) is 18.1 Å². The molecule has 1 aromatic carbocycles. The predicted molar refractivity (Wildman–Crippen MR) is 68.1 cm³/mol. The molecule has 17 heavy (non-hydrogen) atoms. The summed E-state index contributed by atoms with van der Waals surface area (Å²) in [6.45, 7) is 0.660. The molecule has 6 heteroatoms. The van der Waals surface area contributed by atoms with E-state index in [0.29, 0.717) is 17.4 Å². The summed E-state index contributed by atoms with van der Waals surface area (Å²) >= 11 is 3.27. The van der Waals surface area contributed by atoms with E-state index in [1.165, 1.54) is 12.1 Å². The van der Waals surface area contributed by atoms with Gasteiger partial charge in [-0.25, -0.2) is 12.8 Å². The predicted octanol–water partition coefficient (Wildman–Crippen LogP) is 2.04. The number of nitrogens with one attached hydrogen (secondary N) is 1. The van der Waals surface area contributed by atoms with Crippen LogP contribution >= 0.6 is 15.9 Å². The Morgan fingerprint density at radius 1 is 1.41 bits per heavy atom. The topological polar surface area (TPSA) is 46.2 Å². The van der Waals surface area contributed by atoms with Crippen molar-refractivity contribution < 1.29 is 12.8 Å². The highest BCUT2D eigenvalue weighted by molar-refractivity contribution is 9.10. The summed E-state index contributed by atoms with van der Waals surface area (Å²) in [4.78, 5) is 0. The van der Waals surface area contributed by atoms with Crippen LogP contribution in [0, 0.1) is 5.82 Å². The molecular weight excluding hydrogens is 309 g/mol. The second kappa shape index (κ2) is 5.04. The minimum Gasteiger partial charge on any atom is -0.309 e. The molecule has 1 aromatic rings. The maximum absolute atomic E-state index is 13.0. The lowest BCUT2D eigenvalue weighted by Crippen LogP contribution is -2.25. The molecule has 0 spiro atoms. The Labute approximate surface area is 108 Å². The van der Waals surface area contributed by atoms with E-state index in [-0.39, 0.29) is 23.4 Å². The van der Waals surface area contributed by atoms with Gasteiger partial charge in [-0.1, -0.05) is 22.0 Å². The summed E-state index contributed by atoms with van der Waals surface area (Å²) in [6, 6.07) is 4.06. The highest BCUT2D eigenvalue weighted by atomic mass is 79.9. The molecule has 1 heterocycles. The lowest BCUT2D eigenvalue weighted by atomic mass is 10.1. The molecule has 1 saturated heterocycles. The maximum Gasteiger partial charge on any atom is 0.152 e. The Morgan fingerprint density at radius 3 is 2.88 bits per heavy atom. The van der Waals surface area contributed by atoms with Gasteiger partial charge in [0.25, 0.3) is 0 Å². The zero-order valence-corrected chi connectivity index (χ0v) is 11.5. The highest BCUT2D eigenvalue weighted by Gasteiger charge is 2.24. The van der Waals surface area contributed by atoms with Gasteiger partial charge in [-0.3, -0.25) is 0 Å². The molecule has 94 valence electrons. The molecule has 0 aromatic heterocycles. The van der Waals surface area contributed by atoms with Crippen LogP contribution < -0.4 is 5.32 Å². The van der Waals surface area contributed by atoms with Gasteiger partial charge in [0.1, 0.15) is 5.82 Å². The molecular formula is C11H13BrFNO2S. The van der Waals surface area contributed by atoms with E-state index in [2.05, 4.69) is 21.2 Å². The molecule has 0 amide bonds. The first-order chi connectivity index (χ1) is 7.98. The third kappa shape index (κ3) is 3.26. The molecule has 1 atom stereocenters. The second-order valence-electron chi connectivity index (χ2n) is 4.14. The lowest BCUT2D eigenvalue weighted by Gasteiger charge is -2.17. The minimum absolute atomic E-state index is 0.0667. The summed E-state index contributed by atoms with van der Waals surface area (Å²) in [6.07, 6.45) is 0.623. The van der Waals surface area contributed by atoms with Gasteiger partial charge in [-0.05, 0) is 30.7 Å². The van der Waals surface area contributed by atoms with E-state index in [0.717, 1.165) is 5.56 Å². The Bertz CT molecular complexity index is 518. The zero-order valence-electron chi connectivity index (χ0n) is 9.12. The molecule has 1 N–H and O–H groups in total.